The fraction of sp³-hybridized carbons (Fsp3) is 0.385. The number of nitrogens with zero attached hydrogens (tertiary/aromatic N) is 2. The first-order chi connectivity index (χ1) is 15.2. The second-order valence-corrected chi connectivity index (χ2v) is 9.32. The molecule has 5 heteroatoms. The maximum absolute atomic E-state index is 10.9. The van der Waals surface area contributed by atoms with Gasteiger partial charge in [0, 0.05) is 43.2 Å². The van der Waals surface area contributed by atoms with Gasteiger partial charge in [0.1, 0.15) is 11.3 Å². The van der Waals surface area contributed by atoms with E-state index in [1.165, 1.54) is 18.5 Å². The number of rotatable bonds is 8. The third-order valence-electron chi connectivity index (χ3n) is 6.41. The third kappa shape index (κ3) is 4.89. The molecule has 0 aliphatic carbocycles. The van der Waals surface area contributed by atoms with Gasteiger partial charge in [0.25, 0.3) is 0 Å². The van der Waals surface area contributed by atoms with Gasteiger partial charge >= 0.3 is 0 Å². The molecule has 3 aromatic rings. The van der Waals surface area contributed by atoms with E-state index in [9.17, 15) is 4.79 Å². The Kier molecular flexibility index (Phi) is 6.83. The van der Waals surface area contributed by atoms with Gasteiger partial charge in [0.2, 0.25) is 0 Å². The fourth-order valence-electron chi connectivity index (χ4n) is 4.31. The van der Waals surface area contributed by atoms with E-state index in [2.05, 4.69) is 41.1 Å². The summed E-state index contributed by atoms with van der Waals surface area (Å²) in [5.41, 5.74) is 4.24. The maximum Gasteiger partial charge on any atom is 0.150 e. The Morgan fingerprint density at radius 2 is 1.74 bits per heavy atom. The Morgan fingerprint density at radius 1 is 1.06 bits per heavy atom. The lowest BCUT2D eigenvalue weighted by atomic mass is 9.86. The number of anilines is 1. The maximum atomic E-state index is 10.9. The second kappa shape index (κ2) is 9.75. The lowest BCUT2D eigenvalue weighted by Crippen LogP contribution is -2.45. The number of benzene rings is 2. The molecule has 162 valence electrons. The van der Waals surface area contributed by atoms with Crippen LogP contribution in [0.4, 0.5) is 5.69 Å². The molecule has 0 saturated carbocycles. The number of hydrogen-bond donors (Lipinski definition) is 0. The molecule has 0 N–H and O–H groups in total. The summed E-state index contributed by atoms with van der Waals surface area (Å²) in [6.45, 7) is 4.32. The average Bonchev–Trinajstić information content (AvgIpc) is 3.34. The van der Waals surface area contributed by atoms with Crippen LogP contribution in [0.1, 0.15) is 49.4 Å². The Labute approximate surface area is 188 Å². The number of hydrogen-bond acceptors (Lipinski definition) is 5. The lowest BCUT2D eigenvalue weighted by Gasteiger charge is -2.42. The summed E-state index contributed by atoms with van der Waals surface area (Å²) in [6.07, 6.45) is 8.57. The van der Waals surface area contributed by atoms with Crippen molar-refractivity contribution in [1.82, 2.24) is 4.98 Å². The minimum Gasteiger partial charge on any atom is -0.378 e. The molecule has 1 aliphatic rings. The van der Waals surface area contributed by atoms with Crippen LogP contribution in [0, 0.1) is 0 Å². The largest absolute Gasteiger partial charge is 0.378 e. The van der Waals surface area contributed by atoms with Crippen molar-refractivity contribution in [1.29, 1.82) is 0 Å². The summed E-state index contributed by atoms with van der Waals surface area (Å²) in [6, 6.07) is 16.4. The lowest BCUT2D eigenvalue weighted by molar-refractivity contribution is -0.0374. The molecule has 2 heterocycles. The van der Waals surface area contributed by atoms with E-state index in [1.807, 2.05) is 37.6 Å². The minimum atomic E-state index is 0.0632. The van der Waals surface area contributed by atoms with Crippen LogP contribution < -0.4 is 4.90 Å². The predicted molar refractivity (Wildman–Crippen MR) is 129 cm³/mol. The number of carbonyl (C=O) groups is 1. The molecule has 4 nitrogen and oxygen atoms in total. The first-order valence-electron chi connectivity index (χ1n) is 11.1. The highest BCUT2D eigenvalue weighted by atomic mass is 32.1. The second-order valence-electron chi connectivity index (χ2n) is 8.29. The summed E-state index contributed by atoms with van der Waals surface area (Å²) in [5, 5.41) is 1.01. The molecular weight excluding hydrogens is 404 g/mol. The minimum absolute atomic E-state index is 0.0632. The number of aldehydes is 1. The van der Waals surface area contributed by atoms with Crippen molar-refractivity contribution in [3.63, 3.8) is 0 Å². The Bertz CT molecular complexity index is 987. The van der Waals surface area contributed by atoms with Crippen LogP contribution in [-0.2, 0) is 4.74 Å². The van der Waals surface area contributed by atoms with E-state index in [-0.39, 0.29) is 5.60 Å². The number of aromatic nitrogens is 1. The van der Waals surface area contributed by atoms with Crippen molar-refractivity contribution < 1.29 is 9.53 Å². The van der Waals surface area contributed by atoms with Gasteiger partial charge in [-0.1, -0.05) is 44.0 Å². The number of unbranched alkanes of at least 4 members (excludes halogenated alkanes) is 1. The van der Waals surface area contributed by atoms with Gasteiger partial charge < -0.3 is 9.64 Å². The highest BCUT2D eigenvalue weighted by Gasteiger charge is 2.33. The summed E-state index contributed by atoms with van der Waals surface area (Å²) < 4.78 is 5.94. The highest BCUT2D eigenvalue weighted by molar-refractivity contribution is 7.18. The van der Waals surface area contributed by atoms with E-state index in [0.29, 0.717) is 5.56 Å². The van der Waals surface area contributed by atoms with E-state index in [1.54, 1.807) is 11.3 Å². The quantitative estimate of drug-likeness (QED) is 0.381. The zero-order valence-corrected chi connectivity index (χ0v) is 19.2. The molecule has 0 unspecified atom stereocenters. The van der Waals surface area contributed by atoms with Gasteiger partial charge in [-0.15, -0.1) is 11.3 Å². The zero-order valence-electron chi connectivity index (χ0n) is 18.3. The standard InChI is InChI=1S/C26H30N2O2S/c1-3-4-13-26(30-2)14-16-28(17-15-26)23-11-9-22(10-12-23)25-27-18-24(31-25)21-7-5-20(19-29)6-8-21/h5-12,18-19H,3-4,13-17H2,1-2H3. The monoisotopic (exact) mass is 434 g/mol. The van der Waals surface area contributed by atoms with Crippen molar-refractivity contribution in [2.45, 2.75) is 44.6 Å². The third-order valence-corrected chi connectivity index (χ3v) is 7.51. The van der Waals surface area contributed by atoms with E-state index in [4.69, 9.17) is 4.74 Å². The molecule has 31 heavy (non-hydrogen) atoms. The fourth-order valence-corrected chi connectivity index (χ4v) is 5.24. The van der Waals surface area contributed by atoms with Crippen molar-refractivity contribution >= 4 is 23.3 Å². The smallest absolute Gasteiger partial charge is 0.150 e. The number of thiazole rings is 1. The van der Waals surface area contributed by atoms with Crippen LogP contribution >= 0.6 is 11.3 Å². The molecule has 1 aromatic heterocycles. The number of carbonyl (C=O) groups excluding carboxylic acids is 1. The van der Waals surface area contributed by atoms with Crippen molar-refractivity contribution in [3.05, 3.63) is 60.3 Å². The first-order valence-corrected chi connectivity index (χ1v) is 11.9. The van der Waals surface area contributed by atoms with Crippen LogP contribution in [0.25, 0.3) is 21.0 Å². The van der Waals surface area contributed by atoms with Gasteiger partial charge in [-0.3, -0.25) is 4.79 Å². The van der Waals surface area contributed by atoms with Crippen molar-refractivity contribution in [2.24, 2.45) is 0 Å². The van der Waals surface area contributed by atoms with Gasteiger partial charge in [0.15, 0.2) is 0 Å². The molecule has 0 radical (unpaired) electrons. The number of piperidine rings is 1. The van der Waals surface area contributed by atoms with E-state index < -0.39 is 0 Å². The Hall–Kier alpha value is -2.50. The molecule has 0 bridgehead atoms. The van der Waals surface area contributed by atoms with Crippen LogP contribution in [0.2, 0.25) is 0 Å². The summed E-state index contributed by atoms with van der Waals surface area (Å²) in [5.74, 6) is 0. The summed E-state index contributed by atoms with van der Waals surface area (Å²) >= 11 is 1.67. The van der Waals surface area contributed by atoms with E-state index >= 15 is 0 Å². The number of ether oxygens (including phenoxy) is 1. The van der Waals surface area contributed by atoms with Crippen LogP contribution in [-0.4, -0.2) is 37.1 Å². The predicted octanol–water partition coefficient (Wildman–Crippen LogP) is 6.47. The molecule has 0 spiro atoms. The highest BCUT2D eigenvalue weighted by Crippen LogP contribution is 2.35. The Balaban J connectivity index is 1.42. The number of methoxy groups -OCH3 is 1. The first kappa shape index (κ1) is 21.7. The molecule has 1 saturated heterocycles. The van der Waals surface area contributed by atoms with Crippen LogP contribution in [0.15, 0.2) is 54.7 Å². The summed E-state index contributed by atoms with van der Waals surface area (Å²) in [7, 11) is 1.87. The molecule has 4 rings (SSSR count). The van der Waals surface area contributed by atoms with Crippen molar-refractivity contribution in [3.8, 4) is 21.0 Å². The van der Waals surface area contributed by atoms with Gasteiger partial charge in [0.05, 0.1) is 10.5 Å². The van der Waals surface area contributed by atoms with Crippen LogP contribution in [0.3, 0.4) is 0 Å². The van der Waals surface area contributed by atoms with Gasteiger partial charge in [-0.05, 0) is 49.1 Å². The molecule has 0 amide bonds. The molecule has 0 atom stereocenters. The Morgan fingerprint density at radius 3 is 2.35 bits per heavy atom. The van der Waals surface area contributed by atoms with E-state index in [0.717, 1.165) is 59.6 Å². The topological polar surface area (TPSA) is 42.4 Å². The zero-order chi connectivity index (χ0) is 21.7. The SMILES string of the molecule is CCCCC1(OC)CCN(c2ccc(-c3ncc(-c4ccc(C=O)cc4)s3)cc2)CC1. The normalized spacial score (nSPS) is 15.7. The van der Waals surface area contributed by atoms with Gasteiger partial charge in [-0.25, -0.2) is 4.98 Å². The van der Waals surface area contributed by atoms with Crippen molar-refractivity contribution in [2.75, 3.05) is 25.1 Å². The van der Waals surface area contributed by atoms with Gasteiger partial charge in [-0.2, -0.15) is 0 Å². The molecule has 1 aliphatic heterocycles. The molecule has 2 aromatic carbocycles. The molecular formula is C26H30N2O2S. The summed E-state index contributed by atoms with van der Waals surface area (Å²) in [4.78, 5) is 19.1. The molecule has 1 fully saturated rings. The average molecular weight is 435 g/mol. The van der Waals surface area contributed by atoms with Crippen LogP contribution in [0.5, 0.6) is 0 Å².